The maximum Gasteiger partial charge on any atom is 0.293 e. The van der Waals surface area contributed by atoms with Crippen molar-refractivity contribution in [1.29, 1.82) is 10.5 Å². The van der Waals surface area contributed by atoms with Gasteiger partial charge in [-0.25, -0.2) is 4.99 Å². The number of fused-ring (bicyclic) bond motifs is 2. The van der Waals surface area contributed by atoms with Crippen LogP contribution in [0.2, 0.25) is 0 Å². The number of rotatable bonds is 2. The fourth-order valence-electron chi connectivity index (χ4n) is 4.18. The molecule has 7 nitrogen and oxygen atoms in total. The Hall–Kier alpha value is -2.61. The van der Waals surface area contributed by atoms with Gasteiger partial charge in [0.1, 0.15) is 11.3 Å². The predicted molar refractivity (Wildman–Crippen MR) is 85.9 cm³/mol. The summed E-state index contributed by atoms with van der Waals surface area (Å²) in [5.41, 5.74) is 5.55. The van der Waals surface area contributed by atoms with Gasteiger partial charge in [-0.15, -0.1) is 0 Å². The molecular weight excluding hydrogens is 306 g/mol. The summed E-state index contributed by atoms with van der Waals surface area (Å²) in [6.07, 6.45) is 0. The van der Waals surface area contributed by atoms with E-state index in [1.165, 1.54) is 0 Å². The SMILES string of the molecule is CN(C)c1ccc(C2C3(C#N)C(N)=NC4(OCCO4)C23C#N)cc1. The largest absolute Gasteiger partial charge is 0.386 e. The van der Waals surface area contributed by atoms with E-state index in [0.29, 0.717) is 13.2 Å². The van der Waals surface area contributed by atoms with Crippen molar-refractivity contribution in [3.8, 4) is 12.1 Å². The number of nitriles is 2. The molecule has 2 heterocycles. The van der Waals surface area contributed by atoms with E-state index in [-0.39, 0.29) is 5.84 Å². The quantitative estimate of drug-likeness (QED) is 0.868. The van der Waals surface area contributed by atoms with Crippen molar-refractivity contribution in [2.75, 3.05) is 32.2 Å². The second kappa shape index (κ2) is 4.47. The third kappa shape index (κ3) is 1.36. The van der Waals surface area contributed by atoms with E-state index in [1.807, 2.05) is 43.3 Å². The van der Waals surface area contributed by atoms with Gasteiger partial charge in [0.25, 0.3) is 5.91 Å². The maximum absolute atomic E-state index is 9.98. The Morgan fingerprint density at radius 3 is 2.29 bits per heavy atom. The van der Waals surface area contributed by atoms with Crippen LogP contribution in [0.4, 0.5) is 5.69 Å². The van der Waals surface area contributed by atoms with Crippen molar-refractivity contribution in [1.82, 2.24) is 0 Å². The van der Waals surface area contributed by atoms with Crippen LogP contribution in [0.5, 0.6) is 0 Å². The highest BCUT2D eigenvalue weighted by molar-refractivity contribution is 6.00. The number of anilines is 1. The topological polar surface area (TPSA) is 108 Å². The molecule has 3 aliphatic rings. The van der Waals surface area contributed by atoms with E-state index in [9.17, 15) is 10.5 Å². The molecule has 1 saturated heterocycles. The van der Waals surface area contributed by atoms with E-state index in [1.54, 1.807) is 0 Å². The minimum Gasteiger partial charge on any atom is -0.386 e. The van der Waals surface area contributed by atoms with Crippen molar-refractivity contribution in [2.45, 2.75) is 11.8 Å². The Kier molecular flexibility index (Phi) is 2.79. The summed E-state index contributed by atoms with van der Waals surface area (Å²) < 4.78 is 11.4. The average Bonchev–Trinajstić information content (AvgIpc) is 2.84. The molecule has 24 heavy (non-hydrogen) atoms. The minimum absolute atomic E-state index is 0.120. The average molecular weight is 323 g/mol. The number of ether oxygens (including phenoxy) is 2. The van der Waals surface area contributed by atoms with Gasteiger partial charge < -0.3 is 20.1 Å². The summed E-state index contributed by atoms with van der Waals surface area (Å²) in [7, 11) is 3.91. The molecule has 122 valence electrons. The lowest BCUT2D eigenvalue weighted by molar-refractivity contribution is -0.184. The molecule has 0 radical (unpaired) electrons. The summed E-state index contributed by atoms with van der Waals surface area (Å²) in [5.74, 6) is -1.77. The number of benzene rings is 1. The normalized spacial score (nSPS) is 35.0. The second-order valence-electron chi connectivity index (χ2n) is 6.53. The summed E-state index contributed by atoms with van der Waals surface area (Å²) in [4.78, 5) is 6.24. The molecule has 1 aliphatic carbocycles. The minimum atomic E-state index is -1.47. The number of amidine groups is 1. The van der Waals surface area contributed by atoms with Gasteiger partial charge >= 0.3 is 0 Å². The Morgan fingerprint density at radius 1 is 1.17 bits per heavy atom. The van der Waals surface area contributed by atoms with Gasteiger partial charge in [0.15, 0.2) is 5.41 Å². The second-order valence-corrected chi connectivity index (χ2v) is 6.53. The van der Waals surface area contributed by atoms with Gasteiger partial charge in [-0.2, -0.15) is 10.5 Å². The molecule has 4 rings (SSSR count). The smallest absolute Gasteiger partial charge is 0.293 e. The fraction of sp³-hybridized carbons (Fsp3) is 0.471. The highest BCUT2D eigenvalue weighted by atomic mass is 16.8. The van der Waals surface area contributed by atoms with Crippen LogP contribution in [0.3, 0.4) is 0 Å². The molecule has 3 unspecified atom stereocenters. The zero-order chi connectivity index (χ0) is 17.2. The Bertz CT molecular complexity index is 813. The lowest BCUT2D eigenvalue weighted by Gasteiger charge is -2.25. The summed E-state index contributed by atoms with van der Waals surface area (Å²) in [5, 5.41) is 19.9. The maximum atomic E-state index is 9.98. The van der Waals surface area contributed by atoms with E-state index in [2.05, 4.69) is 17.1 Å². The molecule has 1 saturated carbocycles. The van der Waals surface area contributed by atoms with Crippen LogP contribution < -0.4 is 10.6 Å². The first-order chi connectivity index (χ1) is 11.5. The molecular formula is C17H17N5O2. The van der Waals surface area contributed by atoms with Gasteiger partial charge in [-0.3, -0.25) is 0 Å². The van der Waals surface area contributed by atoms with Crippen LogP contribution in [0, 0.1) is 33.5 Å². The highest BCUT2D eigenvalue weighted by Crippen LogP contribution is 2.82. The number of aliphatic imine (C=N–C) groups is 1. The third-order valence-electron chi connectivity index (χ3n) is 5.35. The van der Waals surface area contributed by atoms with E-state index in [0.717, 1.165) is 11.3 Å². The first-order valence-corrected chi connectivity index (χ1v) is 7.72. The Labute approximate surface area is 139 Å². The number of hydrogen-bond donors (Lipinski definition) is 1. The number of hydrogen-bond acceptors (Lipinski definition) is 7. The van der Waals surface area contributed by atoms with E-state index < -0.39 is 22.7 Å². The summed E-state index contributed by atoms with van der Waals surface area (Å²) in [6.45, 7) is 0.655. The molecule has 1 aromatic carbocycles. The van der Waals surface area contributed by atoms with Crippen molar-refractivity contribution in [2.24, 2.45) is 21.6 Å². The lowest BCUT2D eigenvalue weighted by atomic mass is 9.94. The van der Waals surface area contributed by atoms with Crippen molar-refractivity contribution < 1.29 is 9.47 Å². The van der Waals surface area contributed by atoms with Gasteiger partial charge in [0, 0.05) is 25.7 Å². The van der Waals surface area contributed by atoms with Crippen molar-refractivity contribution >= 4 is 11.5 Å². The molecule has 0 aromatic heterocycles. The van der Waals surface area contributed by atoms with Crippen LogP contribution in [0.15, 0.2) is 29.3 Å². The van der Waals surface area contributed by atoms with Gasteiger partial charge in [0.2, 0.25) is 0 Å². The predicted octanol–water partition coefficient (Wildman–Crippen LogP) is 0.941. The fourth-order valence-corrected chi connectivity index (χ4v) is 4.18. The van der Waals surface area contributed by atoms with Crippen molar-refractivity contribution in [3.05, 3.63) is 29.8 Å². The third-order valence-corrected chi connectivity index (χ3v) is 5.35. The lowest BCUT2D eigenvalue weighted by Crippen LogP contribution is -2.38. The first kappa shape index (κ1) is 14.9. The van der Waals surface area contributed by atoms with Crippen LogP contribution >= 0.6 is 0 Å². The van der Waals surface area contributed by atoms with Crippen LogP contribution in [0.25, 0.3) is 0 Å². The number of nitrogens with zero attached hydrogens (tertiary/aromatic N) is 4. The van der Waals surface area contributed by atoms with Gasteiger partial charge in [0.05, 0.1) is 25.4 Å². The molecule has 7 heteroatoms. The van der Waals surface area contributed by atoms with Gasteiger partial charge in [-0.1, -0.05) is 12.1 Å². The van der Waals surface area contributed by atoms with Crippen molar-refractivity contribution in [3.63, 3.8) is 0 Å². The molecule has 3 atom stereocenters. The van der Waals surface area contributed by atoms with Crippen LogP contribution in [-0.2, 0) is 9.47 Å². The zero-order valence-corrected chi connectivity index (χ0v) is 13.5. The summed E-state index contributed by atoms with van der Waals surface area (Å²) in [6, 6.07) is 12.3. The monoisotopic (exact) mass is 323 g/mol. The number of nitrogens with two attached hydrogens (primary N) is 1. The standard InChI is InChI=1S/C17H17N5O2/c1-22(2)12-5-3-11(4-6-12)13-15(9-18)14(20)21-17(16(13,15)10-19)23-7-8-24-17/h3-6,13H,7-8H2,1-2H3,(H2,20,21). The van der Waals surface area contributed by atoms with Crippen LogP contribution in [-0.4, -0.2) is 39.1 Å². The Morgan fingerprint density at radius 2 is 1.79 bits per heavy atom. The first-order valence-electron chi connectivity index (χ1n) is 7.72. The molecule has 2 N–H and O–H groups in total. The Balaban J connectivity index is 1.85. The van der Waals surface area contributed by atoms with Gasteiger partial charge in [-0.05, 0) is 17.7 Å². The van der Waals surface area contributed by atoms with Crippen LogP contribution in [0.1, 0.15) is 11.5 Å². The zero-order valence-electron chi connectivity index (χ0n) is 13.5. The molecule has 2 fully saturated rings. The van der Waals surface area contributed by atoms with E-state index in [4.69, 9.17) is 15.2 Å². The molecule has 0 amide bonds. The van der Waals surface area contributed by atoms with E-state index >= 15 is 0 Å². The molecule has 0 bridgehead atoms. The molecule has 1 spiro atoms. The summed E-state index contributed by atoms with van der Waals surface area (Å²) >= 11 is 0. The molecule has 1 aromatic rings. The molecule has 2 aliphatic heterocycles. The highest BCUT2D eigenvalue weighted by Gasteiger charge is 2.94.